The number of carbonyl (C=O) groups is 1. The van der Waals surface area contributed by atoms with E-state index < -0.39 is 18.2 Å². The second-order valence-corrected chi connectivity index (χ2v) is 12.0. The molecule has 4 rings (SSSR count). The predicted molar refractivity (Wildman–Crippen MR) is 185 cm³/mol. The first-order valence-corrected chi connectivity index (χ1v) is 16.2. The second-order valence-electron chi connectivity index (χ2n) is 12.0. The largest absolute Gasteiger partial charge is 0.507 e. The average Bonchev–Trinajstić information content (AvgIpc) is 3.07. The molecule has 50 heavy (non-hydrogen) atoms. The molecule has 0 aliphatic rings. The molecule has 1 heterocycles. The van der Waals surface area contributed by atoms with E-state index in [0.29, 0.717) is 6.42 Å². The quantitative estimate of drug-likeness (QED) is 0.0816. The van der Waals surface area contributed by atoms with E-state index in [1.54, 1.807) is 30.3 Å². The lowest BCUT2D eigenvalue weighted by molar-refractivity contribution is -0.0123. The van der Waals surface area contributed by atoms with Crippen molar-refractivity contribution in [1.29, 1.82) is 0 Å². The van der Waals surface area contributed by atoms with E-state index in [1.165, 1.54) is 24.3 Å². The third kappa shape index (κ3) is 10.7. The molecule has 0 aliphatic heterocycles. The molecule has 0 aliphatic carbocycles. The third-order valence-electron chi connectivity index (χ3n) is 7.15. The van der Waals surface area contributed by atoms with Crippen LogP contribution in [0.15, 0.2) is 54.6 Å². The van der Waals surface area contributed by atoms with E-state index >= 15 is 0 Å². The van der Waals surface area contributed by atoms with Crippen LogP contribution in [0.5, 0.6) is 23.0 Å². The Balaban J connectivity index is 1.67. The van der Waals surface area contributed by atoms with Crippen molar-refractivity contribution in [2.75, 3.05) is 31.7 Å². The van der Waals surface area contributed by atoms with Gasteiger partial charge in [-0.15, -0.1) is 0 Å². The number of aromatic nitrogens is 3. The minimum absolute atomic E-state index is 0.00183. The Kier molecular flexibility index (Phi) is 13.3. The molecule has 14 heteroatoms. The number of aryl methyl sites for hydroxylation is 1. The molecular weight excluding hydrogens is 648 g/mol. The van der Waals surface area contributed by atoms with E-state index in [1.807, 2.05) is 34.6 Å². The van der Waals surface area contributed by atoms with E-state index in [9.17, 15) is 30.3 Å². The van der Waals surface area contributed by atoms with Crippen molar-refractivity contribution in [2.24, 2.45) is 0 Å². The Morgan fingerprint density at radius 1 is 0.720 bits per heavy atom. The summed E-state index contributed by atoms with van der Waals surface area (Å²) in [6.45, 7) is 9.38. The number of hydrogen-bond acceptors (Lipinski definition) is 13. The summed E-state index contributed by atoms with van der Waals surface area (Å²) in [6.07, 6.45) is -1.23. The number of aromatic hydroxyl groups is 2. The van der Waals surface area contributed by atoms with Crippen LogP contribution >= 0.6 is 0 Å². The van der Waals surface area contributed by atoms with Crippen molar-refractivity contribution in [3.8, 4) is 45.8 Å². The molecular formula is C36H44N4O10. The minimum atomic E-state index is -1.15. The predicted octanol–water partition coefficient (Wildman–Crippen LogP) is 4.95. The van der Waals surface area contributed by atoms with Gasteiger partial charge in [0.15, 0.2) is 11.6 Å². The van der Waals surface area contributed by atoms with E-state index in [2.05, 4.69) is 20.3 Å². The highest BCUT2D eigenvalue weighted by Crippen LogP contribution is 2.35. The third-order valence-corrected chi connectivity index (χ3v) is 7.15. The highest BCUT2D eigenvalue weighted by atomic mass is 16.5. The van der Waals surface area contributed by atoms with Gasteiger partial charge in [0.05, 0.1) is 47.8 Å². The van der Waals surface area contributed by atoms with Crippen LogP contribution in [0.3, 0.4) is 0 Å². The number of anilines is 2. The zero-order valence-corrected chi connectivity index (χ0v) is 28.7. The number of benzene rings is 3. The summed E-state index contributed by atoms with van der Waals surface area (Å²) in [5.74, 6) is -1.14. The van der Waals surface area contributed by atoms with Gasteiger partial charge in [0.2, 0.25) is 5.95 Å². The first kappa shape index (κ1) is 37.8. The molecule has 0 amide bonds. The summed E-state index contributed by atoms with van der Waals surface area (Å²) in [6, 6.07) is 13.8. The number of ether oxygens (including phenoxy) is 4. The van der Waals surface area contributed by atoms with Gasteiger partial charge < -0.3 is 49.8 Å². The Morgan fingerprint density at radius 3 is 1.64 bits per heavy atom. The fourth-order valence-electron chi connectivity index (χ4n) is 4.56. The first-order valence-electron chi connectivity index (χ1n) is 16.2. The van der Waals surface area contributed by atoms with Gasteiger partial charge in [-0.05, 0) is 76.1 Å². The number of carboxylic acids is 1. The molecule has 0 spiro atoms. The van der Waals surface area contributed by atoms with Crippen molar-refractivity contribution < 1.29 is 49.3 Å². The molecule has 0 saturated carbocycles. The highest BCUT2D eigenvalue weighted by molar-refractivity contribution is 5.95. The number of rotatable bonds is 18. The summed E-state index contributed by atoms with van der Waals surface area (Å²) in [4.78, 5) is 25.6. The van der Waals surface area contributed by atoms with Gasteiger partial charge in [0.1, 0.15) is 48.4 Å². The minimum Gasteiger partial charge on any atom is -0.507 e. The molecule has 0 saturated heterocycles. The Bertz CT molecular complexity index is 1660. The van der Waals surface area contributed by atoms with E-state index in [0.717, 1.165) is 5.56 Å². The molecule has 2 unspecified atom stereocenters. The number of aliphatic hydroxyl groups excluding tert-OH is 2. The smallest absolute Gasteiger partial charge is 0.337 e. The number of hydrogen-bond donors (Lipinski definition) is 6. The second kappa shape index (κ2) is 17.6. The summed E-state index contributed by atoms with van der Waals surface area (Å²) < 4.78 is 22.1. The van der Waals surface area contributed by atoms with E-state index in [4.69, 9.17) is 18.9 Å². The maximum atomic E-state index is 12.1. The SMILES string of the molecule is CCc1ccc(Nc2nc(-c3ccc(OCC(O)COC(C)C)cc3O)nc(-c3ccc(OCC(O)COC(C)C)cc3O)n2)c(C(=O)O)c1. The molecule has 0 radical (unpaired) electrons. The topological polar surface area (TPSA) is 206 Å². The standard InChI is InChI=1S/C36H44N4O10/c1-6-22-7-12-30(29(13-22)35(45)46)37-36-39-33(27-10-8-25(14-31(27)43)49-18-23(41)16-47-20(2)3)38-34(40-36)28-11-9-26(15-32(28)44)50-19-24(42)17-48-21(4)5/h7-15,20-21,23-24,41-44H,6,16-19H2,1-5H3,(H,45,46)(H,37,38,39,40). The summed E-state index contributed by atoms with van der Waals surface area (Å²) in [5, 5.41) is 55.1. The van der Waals surface area contributed by atoms with Crippen LogP contribution in [0.4, 0.5) is 11.6 Å². The maximum absolute atomic E-state index is 12.1. The van der Waals surface area contributed by atoms with Gasteiger partial charge >= 0.3 is 5.97 Å². The Morgan fingerprint density at radius 2 is 1.22 bits per heavy atom. The molecule has 0 fully saturated rings. The summed E-state index contributed by atoms with van der Waals surface area (Å²) in [7, 11) is 0. The zero-order valence-electron chi connectivity index (χ0n) is 28.7. The van der Waals surface area contributed by atoms with Gasteiger partial charge in [-0.2, -0.15) is 9.97 Å². The normalized spacial score (nSPS) is 12.6. The lowest BCUT2D eigenvalue weighted by Crippen LogP contribution is -2.25. The zero-order chi connectivity index (χ0) is 36.4. The number of aromatic carboxylic acids is 1. The summed E-state index contributed by atoms with van der Waals surface area (Å²) in [5.41, 5.74) is 1.42. The van der Waals surface area contributed by atoms with Crippen LogP contribution in [0, 0.1) is 0 Å². The number of aliphatic hydroxyl groups is 2. The van der Waals surface area contributed by atoms with Crippen LogP contribution in [0.25, 0.3) is 22.8 Å². The number of carboxylic acid groups (broad SMARTS) is 1. The molecule has 2 atom stereocenters. The van der Waals surface area contributed by atoms with Crippen molar-refractivity contribution in [3.05, 3.63) is 65.7 Å². The van der Waals surface area contributed by atoms with Crippen molar-refractivity contribution in [1.82, 2.24) is 15.0 Å². The van der Waals surface area contributed by atoms with Crippen LogP contribution in [-0.2, 0) is 15.9 Å². The van der Waals surface area contributed by atoms with E-state index in [-0.39, 0.29) is 102 Å². The van der Waals surface area contributed by atoms with Crippen LogP contribution < -0.4 is 14.8 Å². The number of phenols is 2. The van der Waals surface area contributed by atoms with Gasteiger partial charge in [0.25, 0.3) is 0 Å². The van der Waals surface area contributed by atoms with Crippen molar-refractivity contribution >= 4 is 17.6 Å². The number of nitrogens with zero attached hydrogens (tertiary/aromatic N) is 3. The molecule has 14 nitrogen and oxygen atoms in total. The molecule has 4 aromatic rings. The van der Waals surface area contributed by atoms with Gasteiger partial charge in [0, 0.05) is 12.1 Å². The number of phenolic OH excluding ortho intramolecular Hbond substituents is 2. The fraction of sp³-hybridized carbons (Fsp3) is 0.389. The van der Waals surface area contributed by atoms with Crippen LogP contribution in [0.1, 0.15) is 50.5 Å². The van der Waals surface area contributed by atoms with Crippen LogP contribution in [0.2, 0.25) is 0 Å². The molecule has 6 N–H and O–H groups in total. The molecule has 0 bridgehead atoms. The molecule has 268 valence electrons. The highest BCUT2D eigenvalue weighted by Gasteiger charge is 2.19. The maximum Gasteiger partial charge on any atom is 0.337 e. The average molecular weight is 693 g/mol. The van der Waals surface area contributed by atoms with Gasteiger partial charge in [-0.3, -0.25) is 0 Å². The molecule has 3 aromatic carbocycles. The molecule has 1 aromatic heterocycles. The first-order chi connectivity index (χ1) is 23.8. The number of nitrogens with one attached hydrogen (secondary N) is 1. The Hall–Kier alpha value is -5.02. The van der Waals surface area contributed by atoms with Crippen LogP contribution in [-0.4, -0.2) is 97.3 Å². The van der Waals surface area contributed by atoms with Gasteiger partial charge in [-0.25, -0.2) is 9.78 Å². The lowest BCUT2D eigenvalue weighted by Gasteiger charge is -2.16. The summed E-state index contributed by atoms with van der Waals surface area (Å²) >= 11 is 0. The van der Waals surface area contributed by atoms with Gasteiger partial charge in [-0.1, -0.05) is 13.0 Å². The Labute approximate surface area is 290 Å². The monoisotopic (exact) mass is 692 g/mol. The van der Waals surface area contributed by atoms with Crippen molar-refractivity contribution in [2.45, 2.75) is 65.5 Å². The van der Waals surface area contributed by atoms with Crippen molar-refractivity contribution in [3.63, 3.8) is 0 Å². The lowest BCUT2D eigenvalue weighted by atomic mass is 10.1. The fourth-order valence-corrected chi connectivity index (χ4v) is 4.56.